The second kappa shape index (κ2) is 7.43. The van der Waals surface area contributed by atoms with Crippen molar-refractivity contribution in [3.05, 3.63) is 23.8 Å². The van der Waals surface area contributed by atoms with Crippen LogP contribution in [0.3, 0.4) is 0 Å². The van der Waals surface area contributed by atoms with Crippen molar-refractivity contribution in [3.63, 3.8) is 0 Å². The van der Waals surface area contributed by atoms with E-state index in [1.54, 1.807) is 6.07 Å². The highest BCUT2D eigenvalue weighted by Crippen LogP contribution is 2.18. The smallest absolute Gasteiger partial charge is 0.238 e. The van der Waals surface area contributed by atoms with Crippen molar-refractivity contribution in [1.82, 2.24) is 4.90 Å². The lowest BCUT2D eigenvalue weighted by molar-refractivity contribution is -0.117. The minimum atomic E-state index is 0.00252. The number of nitrogens with one attached hydrogen (secondary N) is 1. The van der Waals surface area contributed by atoms with Crippen LogP contribution in [0.2, 0.25) is 0 Å². The third-order valence-corrected chi connectivity index (χ3v) is 3.82. The molecule has 3 N–H and O–H groups in total. The van der Waals surface area contributed by atoms with Crippen molar-refractivity contribution in [2.45, 2.75) is 32.8 Å². The fourth-order valence-electron chi connectivity index (χ4n) is 2.60. The van der Waals surface area contributed by atoms with Gasteiger partial charge in [0, 0.05) is 24.5 Å². The second-order valence-corrected chi connectivity index (χ2v) is 5.59. The summed E-state index contributed by atoms with van der Waals surface area (Å²) in [7, 11) is 0. The molecule has 21 heavy (non-hydrogen) atoms. The van der Waals surface area contributed by atoms with Crippen molar-refractivity contribution >= 4 is 17.3 Å². The highest BCUT2D eigenvalue weighted by atomic mass is 16.5. The highest BCUT2D eigenvalue weighted by molar-refractivity contribution is 5.93. The average molecular weight is 291 g/mol. The number of likely N-dealkylation sites (N-methyl/N-ethyl adjacent to an activating group) is 1. The summed E-state index contributed by atoms with van der Waals surface area (Å²) in [6.07, 6.45) is 2.49. The molecule has 5 heteroatoms. The van der Waals surface area contributed by atoms with Crippen LogP contribution in [0.15, 0.2) is 18.2 Å². The lowest BCUT2D eigenvalue weighted by Gasteiger charge is -2.23. The molecular formula is C16H25N3O2. The van der Waals surface area contributed by atoms with E-state index in [1.807, 2.05) is 19.1 Å². The van der Waals surface area contributed by atoms with E-state index in [2.05, 4.69) is 17.1 Å². The Kier molecular flexibility index (Phi) is 5.59. The minimum absolute atomic E-state index is 0.00252. The Hall–Kier alpha value is -1.59. The van der Waals surface area contributed by atoms with Crippen molar-refractivity contribution in [2.75, 3.05) is 37.3 Å². The van der Waals surface area contributed by atoms with Gasteiger partial charge in [-0.25, -0.2) is 0 Å². The fourth-order valence-corrected chi connectivity index (χ4v) is 2.60. The van der Waals surface area contributed by atoms with Gasteiger partial charge in [0.15, 0.2) is 0 Å². The molecule has 1 unspecified atom stereocenters. The first-order valence-corrected chi connectivity index (χ1v) is 7.58. The van der Waals surface area contributed by atoms with Gasteiger partial charge in [-0.1, -0.05) is 6.92 Å². The number of nitrogen functional groups attached to an aromatic ring is 1. The first kappa shape index (κ1) is 15.8. The Bertz CT molecular complexity index is 484. The van der Waals surface area contributed by atoms with E-state index in [4.69, 9.17) is 10.5 Å². The third-order valence-electron chi connectivity index (χ3n) is 3.82. The summed E-state index contributed by atoms with van der Waals surface area (Å²) >= 11 is 0. The maximum atomic E-state index is 12.2. The first-order valence-electron chi connectivity index (χ1n) is 7.58. The summed E-state index contributed by atoms with van der Waals surface area (Å²) in [4.78, 5) is 14.3. The summed E-state index contributed by atoms with van der Waals surface area (Å²) < 4.78 is 5.63. The van der Waals surface area contributed by atoms with Crippen molar-refractivity contribution in [2.24, 2.45) is 0 Å². The predicted octanol–water partition coefficient (Wildman–Crippen LogP) is 2.02. The second-order valence-electron chi connectivity index (χ2n) is 5.59. The normalized spacial score (nSPS) is 18.1. The van der Waals surface area contributed by atoms with Gasteiger partial charge in [-0.2, -0.15) is 0 Å². The molecule has 0 aliphatic carbocycles. The van der Waals surface area contributed by atoms with E-state index >= 15 is 0 Å². The van der Waals surface area contributed by atoms with Crippen molar-refractivity contribution in [1.29, 1.82) is 0 Å². The lowest BCUT2D eigenvalue weighted by atomic mass is 10.2. The molecule has 1 heterocycles. The molecule has 1 aliphatic rings. The van der Waals surface area contributed by atoms with Gasteiger partial charge >= 0.3 is 0 Å². The van der Waals surface area contributed by atoms with Crippen molar-refractivity contribution < 1.29 is 9.53 Å². The zero-order chi connectivity index (χ0) is 15.2. The molecule has 2 rings (SSSR count). The van der Waals surface area contributed by atoms with Gasteiger partial charge in [0.1, 0.15) is 0 Å². The average Bonchev–Trinajstić information content (AvgIpc) is 2.94. The van der Waals surface area contributed by atoms with Crippen LogP contribution in [0, 0.1) is 6.92 Å². The molecule has 0 spiro atoms. The van der Waals surface area contributed by atoms with Crippen LogP contribution >= 0.6 is 0 Å². The zero-order valence-corrected chi connectivity index (χ0v) is 12.9. The quantitative estimate of drug-likeness (QED) is 0.787. The summed E-state index contributed by atoms with van der Waals surface area (Å²) in [6, 6.07) is 5.51. The number of hydrogen-bond donors (Lipinski definition) is 2. The number of rotatable bonds is 6. The molecule has 5 nitrogen and oxygen atoms in total. The maximum Gasteiger partial charge on any atom is 0.238 e. The summed E-state index contributed by atoms with van der Waals surface area (Å²) in [5.74, 6) is 0.00252. The summed E-state index contributed by atoms with van der Waals surface area (Å²) in [5, 5.41) is 2.95. The van der Waals surface area contributed by atoms with Gasteiger partial charge in [0.25, 0.3) is 0 Å². The topological polar surface area (TPSA) is 67.6 Å². The summed E-state index contributed by atoms with van der Waals surface area (Å²) in [5.41, 5.74) is 8.22. The van der Waals surface area contributed by atoms with E-state index in [-0.39, 0.29) is 12.0 Å². The number of nitrogens with zero attached hydrogens (tertiary/aromatic N) is 1. The van der Waals surface area contributed by atoms with Crippen molar-refractivity contribution in [3.8, 4) is 0 Å². The first-order chi connectivity index (χ1) is 10.1. The van der Waals surface area contributed by atoms with Gasteiger partial charge < -0.3 is 15.8 Å². The molecule has 1 aliphatic heterocycles. The molecule has 1 aromatic carbocycles. The number of carbonyl (C=O) groups excluding carboxylic acids is 1. The molecule has 0 saturated carbocycles. The molecule has 1 fully saturated rings. The van der Waals surface area contributed by atoms with Crippen LogP contribution in [0.25, 0.3) is 0 Å². The van der Waals surface area contributed by atoms with Gasteiger partial charge in [-0.05, 0) is 50.1 Å². The van der Waals surface area contributed by atoms with Gasteiger partial charge in [0.2, 0.25) is 5.91 Å². The molecule has 1 amide bonds. The maximum absolute atomic E-state index is 12.2. The molecule has 0 radical (unpaired) electrons. The number of benzene rings is 1. The lowest BCUT2D eigenvalue weighted by Crippen LogP contribution is -2.38. The van der Waals surface area contributed by atoms with Crippen LogP contribution in [0.4, 0.5) is 11.4 Å². The molecule has 0 aromatic heterocycles. The van der Waals surface area contributed by atoms with E-state index in [0.29, 0.717) is 12.2 Å². The van der Waals surface area contributed by atoms with Crippen LogP contribution in [-0.4, -0.2) is 43.2 Å². The Morgan fingerprint density at radius 1 is 1.52 bits per heavy atom. The number of anilines is 2. The van der Waals surface area contributed by atoms with E-state index < -0.39 is 0 Å². The van der Waals surface area contributed by atoms with E-state index in [9.17, 15) is 4.79 Å². The Morgan fingerprint density at radius 3 is 2.95 bits per heavy atom. The number of ether oxygens (including phenoxy) is 1. The highest BCUT2D eigenvalue weighted by Gasteiger charge is 2.20. The Balaban J connectivity index is 1.86. The number of nitrogens with two attached hydrogens (primary N) is 1. The number of carbonyl (C=O) groups is 1. The van der Waals surface area contributed by atoms with Gasteiger partial charge in [0.05, 0.1) is 12.6 Å². The summed E-state index contributed by atoms with van der Waals surface area (Å²) in [6.45, 7) is 6.91. The largest absolute Gasteiger partial charge is 0.399 e. The Labute approximate surface area is 126 Å². The van der Waals surface area contributed by atoms with Crippen LogP contribution in [-0.2, 0) is 9.53 Å². The van der Waals surface area contributed by atoms with Gasteiger partial charge in [-0.15, -0.1) is 0 Å². The molecule has 1 atom stereocenters. The molecule has 1 saturated heterocycles. The fraction of sp³-hybridized carbons (Fsp3) is 0.562. The monoisotopic (exact) mass is 291 g/mol. The molecule has 1 aromatic rings. The van der Waals surface area contributed by atoms with Crippen LogP contribution < -0.4 is 11.1 Å². The SMILES string of the molecule is CCN(CC(=O)Nc1ccc(N)cc1C)CC1CCCO1. The van der Waals surface area contributed by atoms with Crippen LogP contribution in [0.5, 0.6) is 0 Å². The number of hydrogen-bond acceptors (Lipinski definition) is 4. The zero-order valence-electron chi connectivity index (χ0n) is 12.9. The van der Waals surface area contributed by atoms with E-state index in [0.717, 1.165) is 43.8 Å². The number of aryl methyl sites for hydroxylation is 1. The Morgan fingerprint density at radius 2 is 2.33 bits per heavy atom. The van der Waals surface area contributed by atoms with E-state index in [1.165, 1.54) is 0 Å². The predicted molar refractivity (Wildman–Crippen MR) is 85.3 cm³/mol. The third kappa shape index (κ3) is 4.72. The number of amides is 1. The molecule has 0 bridgehead atoms. The molecular weight excluding hydrogens is 266 g/mol. The molecule has 116 valence electrons. The minimum Gasteiger partial charge on any atom is -0.399 e. The van der Waals surface area contributed by atoms with Crippen LogP contribution in [0.1, 0.15) is 25.3 Å². The standard InChI is InChI=1S/C16H25N3O2/c1-3-19(10-14-5-4-8-21-14)11-16(20)18-15-7-6-13(17)9-12(15)2/h6-7,9,14H,3-5,8,10-11,17H2,1-2H3,(H,18,20). The van der Waals surface area contributed by atoms with Gasteiger partial charge in [-0.3, -0.25) is 9.69 Å².